The molecule has 0 aliphatic rings. The van der Waals surface area contributed by atoms with Crippen LogP contribution in [0.25, 0.3) is 0 Å². The number of hydrogen-bond acceptors (Lipinski definition) is 2. The van der Waals surface area contributed by atoms with Crippen LogP contribution in [0.4, 0.5) is 0 Å². The zero-order chi connectivity index (χ0) is 6.57. The molecule has 0 aliphatic carbocycles. The summed E-state index contributed by atoms with van der Waals surface area (Å²) in [5.41, 5.74) is 0. The van der Waals surface area contributed by atoms with Crippen LogP contribution in [-0.2, 0) is 9.53 Å². The second-order valence-electron chi connectivity index (χ2n) is 1.34. The zero-order valence-corrected chi connectivity index (χ0v) is 5.32. The van der Waals surface area contributed by atoms with Gasteiger partial charge in [-0.15, -0.1) is 0 Å². The maximum Gasteiger partial charge on any atom is 0.255 e. The average molecular weight is 116 g/mol. The van der Waals surface area contributed by atoms with E-state index in [2.05, 4.69) is 10.1 Å². The Morgan fingerprint density at radius 2 is 2.12 bits per heavy atom. The zero-order valence-electron chi connectivity index (χ0n) is 5.32. The molecule has 0 heterocycles. The first-order valence-electron chi connectivity index (χ1n) is 2.32. The highest BCUT2D eigenvalue weighted by Crippen LogP contribution is 1.94. The Morgan fingerprint density at radius 3 is 2.25 bits per heavy atom. The highest BCUT2D eigenvalue weighted by Gasteiger charge is 2.08. The third-order valence-corrected chi connectivity index (χ3v) is 0.853. The summed E-state index contributed by atoms with van der Waals surface area (Å²) in [7, 11) is 3.02. The molecule has 8 heavy (non-hydrogen) atoms. The van der Waals surface area contributed by atoms with Crippen molar-refractivity contribution in [3.63, 3.8) is 0 Å². The summed E-state index contributed by atoms with van der Waals surface area (Å²) in [5, 5.41) is 2.41. The van der Waals surface area contributed by atoms with Crippen molar-refractivity contribution in [2.75, 3.05) is 14.2 Å². The van der Waals surface area contributed by atoms with E-state index in [4.69, 9.17) is 0 Å². The number of amides is 1. The first-order chi connectivity index (χ1) is 3.72. The minimum atomic E-state index is -0.174. The summed E-state index contributed by atoms with van der Waals surface area (Å²) >= 11 is 0. The molecule has 0 aliphatic heterocycles. The molecule has 0 rings (SSSR count). The number of likely N-dealkylation sites (N-methyl/N-ethyl adjacent to an activating group) is 1. The molecule has 0 bridgehead atoms. The fraction of sp³-hybridized carbons (Fsp3) is 0.600. The van der Waals surface area contributed by atoms with E-state index in [1.807, 2.05) is 0 Å². The van der Waals surface area contributed by atoms with Crippen LogP contribution in [0.2, 0.25) is 0 Å². The Morgan fingerprint density at radius 1 is 1.62 bits per heavy atom. The predicted octanol–water partition coefficient (Wildman–Crippen LogP) is -0.0693. The van der Waals surface area contributed by atoms with Crippen LogP contribution in [0.5, 0.6) is 0 Å². The molecule has 0 aromatic carbocycles. The Hall–Kier alpha value is -0.570. The Bertz CT molecular complexity index is 82.5. The average Bonchev–Trinajstić information content (AvgIpc) is 1.84. The lowest BCUT2D eigenvalue weighted by Gasteiger charge is -2.03. The number of carbonyl (C=O) groups is 1. The lowest BCUT2D eigenvalue weighted by molar-refractivity contribution is -0.123. The van der Waals surface area contributed by atoms with Crippen LogP contribution in [0.3, 0.4) is 0 Å². The molecule has 1 amide bonds. The van der Waals surface area contributed by atoms with E-state index in [0.29, 0.717) is 6.10 Å². The molecule has 1 N–H and O–H groups in total. The first kappa shape index (κ1) is 7.43. The largest absolute Gasteiger partial charge is 0.365 e. The molecule has 0 atom stereocenters. The van der Waals surface area contributed by atoms with Crippen LogP contribution >= 0.6 is 0 Å². The van der Waals surface area contributed by atoms with Crippen molar-refractivity contribution in [1.82, 2.24) is 5.32 Å². The van der Waals surface area contributed by atoms with Crippen molar-refractivity contribution in [2.45, 2.75) is 6.92 Å². The molecule has 0 fully saturated rings. The minimum absolute atomic E-state index is 0.174. The van der Waals surface area contributed by atoms with Gasteiger partial charge in [-0.2, -0.15) is 0 Å². The maximum atomic E-state index is 10.5. The van der Waals surface area contributed by atoms with Gasteiger partial charge in [0.2, 0.25) is 0 Å². The molecule has 3 heteroatoms. The molecule has 0 saturated heterocycles. The van der Waals surface area contributed by atoms with Gasteiger partial charge in [0.05, 0.1) is 0 Å². The van der Waals surface area contributed by atoms with Crippen LogP contribution in [0.15, 0.2) is 0 Å². The highest BCUT2D eigenvalue weighted by atomic mass is 16.5. The molecular formula is C5H10NO2. The van der Waals surface area contributed by atoms with Gasteiger partial charge >= 0.3 is 0 Å². The van der Waals surface area contributed by atoms with Crippen LogP contribution in [0.1, 0.15) is 6.92 Å². The molecular weight excluding hydrogens is 106 g/mol. The van der Waals surface area contributed by atoms with Gasteiger partial charge in [-0.3, -0.25) is 4.79 Å². The van der Waals surface area contributed by atoms with Gasteiger partial charge in [0.1, 0.15) is 0 Å². The monoisotopic (exact) mass is 116 g/mol. The summed E-state index contributed by atoms with van der Waals surface area (Å²) in [6.07, 6.45) is 0.382. The van der Waals surface area contributed by atoms with Crippen LogP contribution in [0, 0.1) is 6.10 Å². The van der Waals surface area contributed by atoms with Crippen LogP contribution < -0.4 is 5.32 Å². The summed E-state index contributed by atoms with van der Waals surface area (Å²) in [4.78, 5) is 10.5. The predicted molar refractivity (Wildman–Crippen MR) is 30.0 cm³/mol. The lowest BCUT2D eigenvalue weighted by atomic mass is 10.4. The second kappa shape index (κ2) is 3.43. The van der Waals surface area contributed by atoms with Gasteiger partial charge in [-0.25, -0.2) is 0 Å². The summed E-state index contributed by atoms with van der Waals surface area (Å²) in [6, 6.07) is 0. The Kier molecular flexibility index (Phi) is 3.19. The van der Waals surface area contributed by atoms with Crippen LogP contribution in [-0.4, -0.2) is 20.1 Å². The molecule has 0 aromatic rings. The number of hydrogen-bond donors (Lipinski definition) is 1. The number of rotatable bonds is 2. The van der Waals surface area contributed by atoms with E-state index in [0.717, 1.165) is 0 Å². The van der Waals surface area contributed by atoms with E-state index in [1.54, 1.807) is 14.0 Å². The van der Waals surface area contributed by atoms with Gasteiger partial charge in [-0.1, -0.05) is 0 Å². The smallest absolute Gasteiger partial charge is 0.255 e. The number of carbonyl (C=O) groups excluding carboxylic acids is 1. The van der Waals surface area contributed by atoms with Crippen molar-refractivity contribution >= 4 is 5.91 Å². The molecule has 0 aromatic heterocycles. The number of ether oxygens (including phenoxy) is 1. The minimum Gasteiger partial charge on any atom is -0.365 e. The normalized spacial score (nSPS) is 9.50. The summed E-state index contributed by atoms with van der Waals surface area (Å²) in [6.45, 7) is 1.61. The van der Waals surface area contributed by atoms with Gasteiger partial charge in [0.25, 0.3) is 5.91 Å². The van der Waals surface area contributed by atoms with E-state index in [9.17, 15) is 4.79 Å². The topological polar surface area (TPSA) is 38.3 Å². The van der Waals surface area contributed by atoms with E-state index in [1.165, 1.54) is 7.11 Å². The molecule has 47 valence electrons. The molecule has 0 unspecified atom stereocenters. The third kappa shape index (κ3) is 1.93. The van der Waals surface area contributed by atoms with Crippen molar-refractivity contribution in [3.05, 3.63) is 6.10 Å². The first-order valence-corrected chi connectivity index (χ1v) is 2.32. The lowest BCUT2D eigenvalue weighted by Crippen LogP contribution is -2.24. The van der Waals surface area contributed by atoms with Gasteiger partial charge in [0.15, 0.2) is 6.10 Å². The summed E-state index contributed by atoms with van der Waals surface area (Å²) in [5.74, 6) is -0.174. The fourth-order valence-electron chi connectivity index (χ4n) is 0.269. The van der Waals surface area contributed by atoms with Crippen molar-refractivity contribution in [1.29, 1.82) is 0 Å². The molecule has 0 spiro atoms. The van der Waals surface area contributed by atoms with Gasteiger partial charge < -0.3 is 10.1 Å². The molecule has 0 saturated carbocycles. The Balaban J connectivity index is 3.46. The highest BCUT2D eigenvalue weighted by molar-refractivity contribution is 5.87. The van der Waals surface area contributed by atoms with Gasteiger partial charge in [-0.05, 0) is 6.92 Å². The second-order valence-corrected chi connectivity index (χ2v) is 1.34. The Labute approximate surface area is 49.0 Å². The third-order valence-electron chi connectivity index (χ3n) is 0.853. The maximum absolute atomic E-state index is 10.5. The molecule has 1 radical (unpaired) electrons. The van der Waals surface area contributed by atoms with Gasteiger partial charge in [0, 0.05) is 14.2 Å². The SMILES string of the molecule is CNC(=O)[C](C)OC. The van der Waals surface area contributed by atoms with E-state index in [-0.39, 0.29) is 5.91 Å². The van der Waals surface area contributed by atoms with Crippen molar-refractivity contribution in [3.8, 4) is 0 Å². The van der Waals surface area contributed by atoms with Crippen molar-refractivity contribution in [2.24, 2.45) is 0 Å². The standard InChI is InChI=1S/C5H10NO2/c1-4(8-3)5(7)6-2/h1-3H3,(H,6,7). The van der Waals surface area contributed by atoms with Crippen molar-refractivity contribution < 1.29 is 9.53 Å². The number of methoxy groups -OCH3 is 1. The quantitative estimate of drug-likeness (QED) is 0.548. The fourth-order valence-corrected chi connectivity index (χ4v) is 0.269. The number of nitrogens with one attached hydrogen (secondary N) is 1. The molecule has 3 nitrogen and oxygen atoms in total. The van der Waals surface area contributed by atoms with E-state index >= 15 is 0 Å². The van der Waals surface area contributed by atoms with E-state index < -0.39 is 0 Å². The summed E-state index contributed by atoms with van der Waals surface area (Å²) < 4.78 is 4.61.